The van der Waals surface area contributed by atoms with Crippen LogP contribution in [-0.4, -0.2) is 44.3 Å². The van der Waals surface area contributed by atoms with Crippen LogP contribution in [0.1, 0.15) is 52.4 Å². The molecule has 0 fully saturated rings. The predicted molar refractivity (Wildman–Crippen MR) is 75.9 cm³/mol. The van der Waals surface area contributed by atoms with E-state index in [1.165, 1.54) is 25.7 Å². The first-order valence-electron chi connectivity index (χ1n) is 7.12. The molecule has 0 aliphatic carbocycles. The van der Waals surface area contributed by atoms with Crippen LogP contribution in [0.3, 0.4) is 0 Å². The minimum atomic E-state index is 0.0223. The van der Waals surface area contributed by atoms with Gasteiger partial charge in [-0.2, -0.15) is 0 Å². The Labute approximate surface area is 112 Å². The molecule has 0 aromatic rings. The van der Waals surface area contributed by atoms with Crippen LogP contribution in [0.5, 0.6) is 0 Å². The van der Waals surface area contributed by atoms with E-state index in [1.807, 2.05) is 7.05 Å². The molecule has 1 unspecified atom stereocenters. The monoisotopic (exact) mass is 258 g/mol. The summed E-state index contributed by atoms with van der Waals surface area (Å²) in [4.78, 5) is 13.5. The van der Waals surface area contributed by atoms with Gasteiger partial charge in [-0.1, -0.05) is 32.6 Å². The number of urea groups is 1. The highest BCUT2D eigenvalue weighted by Gasteiger charge is 2.11. The van der Waals surface area contributed by atoms with E-state index < -0.39 is 0 Å². The summed E-state index contributed by atoms with van der Waals surface area (Å²) in [5.41, 5.74) is 0. The third-order valence-corrected chi connectivity index (χ3v) is 3.05. The molecular formula is C14H30N2O2. The predicted octanol–water partition coefficient (Wildman–Crippen LogP) is 3.02. The van der Waals surface area contributed by atoms with Crippen LogP contribution < -0.4 is 5.32 Å². The van der Waals surface area contributed by atoms with Crippen LogP contribution >= 0.6 is 0 Å². The minimum absolute atomic E-state index is 0.0223. The second-order valence-electron chi connectivity index (χ2n) is 4.97. The van der Waals surface area contributed by atoms with Gasteiger partial charge in [0.25, 0.3) is 0 Å². The Hall–Kier alpha value is -0.770. The lowest BCUT2D eigenvalue weighted by atomic mass is 10.1. The van der Waals surface area contributed by atoms with E-state index in [0.717, 1.165) is 19.4 Å². The van der Waals surface area contributed by atoms with E-state index in [1.54, 1.807) is 12.0 Å². The van der Waals surface area contributed by atoms with Crippen molar-refractivity contribution in [1.29, 1.82) is 0 Å². The zero-order valence-corrected chi connectivity index (χ0v) is 12.5. The lowest BCUT2D eigenvalue weighted by Gasteiger charge is -2.21. The highest BCUT2D eigenvalue weighted by Crippen LogP contribution is 2.05. The van der Waals surface area contributed by atoms with Crippen molar-refractivity contribution in [1.82, 2.24) is 10.2 Å². The summed E-state index contributed by atoms with van der Waals surface area (Å²) >= 11 is 0. The fourth-order valence-electron chi connectivity index (χ4n) is 1.82. The van der Waals surface area contributed by atoms with Gasteiger partial charge in [-0.25, -0.2) is 4.79 Å². The fraction of sp³-hybridized carbons (Fsp3) is 0.929. The van der Waals surface area contributed by atoms with Crippen molar-refractivity contribution in [2.45, 2.75) is 58.4 Å². The minimum Gasteiger partial charge on any atom is -0.385 e. The van der Waals surface area contributed by atoms with Crippen LogP contribution in [0.4, 0.5) is 4.79 Å². The molecule has 0 aliphatic rings. The van der Waals surface area contributed by atoms with Crippen molar-refractivity contribution < 1.29 is 9.53 Å². The van der Waals surface area contributed by atoms with Gasteiger partial charge in [0, 0.05) is 33.4 Å². The van der Waals surface area contributed by atoms with Gasteiger partial charge < -0.3 is 15.0 Å². The standard InChI is InChI=1S/C14H30N2O2/c1-5-6-7-8-10-13(2)15-14(17)16(3)11-9-12-18-4/h13H,5-12H2,1-4H3,(H,15,17). The molecule has 18 heavy (non-hydrogen) atoms. The third kappa shape index (κ3) is 9.28. The number of hydrogen-bond acceptors (Lipinski definition) is 2. The number of carbonyl (C=O) groups is 1. The van der Waals surface area contributed by atoms with Crippen molar-refractivity contribution in [3.8, 4) is 0 Å². The molecule has 0 aliphatic heterocycles. The van der Waals surface area contributed by atoms with Gasteiger partial charge in [-0.3, -0.25) is 0 Å². The Morgan fingerprint density at radius 3 is 2.61 bits per heavy atom. The number of methoxy groups -OCH3 is 1. The molecule has 1 N–H and O–H groups in total. The van der Waals surface area contributed by atoms with Crippen molar-refractivity contribution in [3.05, 3.63) is 0 Å². The summed E-state index contributed by atoms with van der Waals surface area (Å²) in [5, 5.41) is 3.03. The maximum atomic E-state index is 11.8. The van der Waals surface area contributed by atoms with Gasteiger partial charge in [0.1, 0.15) is 0 Å². The highest BCUT2D eigenvalue weighted by molar-refractivity contribution is 5.74. The maximum absolute atomic E-state index is 11.8. The van der Waals surface area contributed by atoms with Gasteiger partial charge in [0.2, 0.25) is 0 Å². The largest absolute Gasteiger partial charge is 0.385 e. The first-order chi connectivity index (χ1) is 8.61. The maximum Gasteiger partial charge on any atom is 0.317 e. The Bertz CT molecular complexity index is 210. The number of unbranched alkanes of at least 4 members (excludes halogenated alkanes) is 3. The average molecular weight is 258 g/mol. The summed E-state index contributed by atoms with van der Waals surface area (Å²) in [5.74, 6) is 0. The van der Waals surface area contributed by atoms with Gasteiger partial charge in [-0.15, -0.1) is 0 Å². The Morgan fingerprint density at radius 1 is 1.28 bits per heavy atom. The van der Waals surface area contributed by atoms with Crippen LogP contribution in [0.15, 0.2) is 0 Å². The number of nitrogens with zero attached hydrogens (tertiary/aromatic N) is 1. The number of hydrogen-bond donors (Lipinski definition) is 1. The molecule has 2 amide bonds. The topological polar surface area (TPSA) is 41.6 Å². The second-order valence-corrected chi connectivity index (χ2v) is 4.97. The summed E-state index contributed by atoms with van der Waals surface area (Å²) in [6, 6.07) is 0.285. The molecule has 0 aromatic heterocycles. The summed E-state index contributed by atoms with van der Waals surface area (Å²) in [6.45, 7) is 5.72. The molecule has 0 heterocycles. The first kappa shape index (κ1) is 17.2. The molecule has 4 nitrogen and oxygen atoms in total. The van der Waals surface area contributed by atoms with Gasteiger partial charge in [0.15, 0.2) is 0 Å². The SMILES string of the molecule is CCCCCCC(C)NC(=O)N(C)CCCOC. The quantitative estimate of drug-likeness (QED) is 0.612. The van der Waals surface area contributed by atoms with E-state index in [4.69, 9.17) is 4.74 Å². The summed E-state index contributed by atoms with van der Waals surface area (Å²) < 4.78 is 4.97. The molecule has 0 radical (unpaired) electrons. The molecule has 0 rings (SSSR count). The van der Waals surface area contributed by atoms with E-state index >= 15 is 0 Å². The lowest BCUT2D eigenvalue weighted by Crippen LogP contribution is -2.42. The number of carbonyl (C=O) groups excluding carboxylic acids is 1. The van der Waals surface area contributed by atoms with Crippen LogP contribution in [0, 0.1) is 0 Å². The van der Waals surface area contributed by atoms with Gasteiger partial charge in [0.05, 0.1) is 0 Å². The van der Waals surface area contributed by atoms with E-state index in [9.17, 15) is 4.79 Å². The van der Waals surface area contributed by atoms with E-state index in [0.29, 0.717) is 6.61 Å². The van der Waals surface area contributed by atoms with Crippen LogP contribution in [0.2, 0.25) is 0 Å². The van der Waals surface area contributed by atoms with Crippen LogP contribution in [-0.2, 0) is 4.74 Å². The van der Waals surface area contributed by atoms with Crippen molar-refractivity contribution in [2.24, 2.45) is 0 Å². The summed E-state index contributed by atoms with van der Waals surface area (Å²) in [6.07, 6.45) is 6.95. The Morgan fingerprint density at radius 2 is 2.00 bits per heavy atom. The Kier molecular flexibility index (Phi) is 10.8. The normalized spacial score (nSPS) is 12.2. The fourth-order valence-corrected chi connectivity index (χ4v) is 1.82. The number of rotatable bonds is 10. The number of amides is 2. The number of nitrogens with one attached hydrogen (secondary N) is 1. The molecule has 0 saturated heterocycles. The molecule has 1 atom stereocenters. The molecule has 0 saturated carbocycles. The Balaban J connectivity index is 3.64. The van der Waals surface area contributed by atoms with Crippen molar-refractivity contribution in [3.63, 3.8) is 0 Å². The molecule has 108 valence electrons. The average Bonchev–Trinajstić information content (AvgIpc) is 2.34. The van der Waals surface area contributed by atoms with E-state index in [-0.39, 0.29) is 12.1 Å². The lowest BCUT2D eigenvalue weighted by molar-refractivity contribution is 0.174. The van der Waals surface area contributed by atoms with E-state index in [2.05, 4.69) is 19.2 Å². The highest BCUT2D eigenvalue weighted by atomic mass is 16.5. The van der Waals surface area contributed by atoms with Gasteiger partial charge >= 0.3 is 6.03 Å². The molecule has 0 spiro atoms. The molecule has 4 heteroatoms. The summed E-state index contributed by atoms with van der Waals surface area (Å²) in [7, 11) is 3.51. The molecule has 0 aromatic carbocycles. The molecule has 0 bridgehead atoms. The second kappa shape index (κ2) is 11.3. The van der Waals surface area contributed by atoms with Crippen molar-refractivity contribution in [2.75, 3.05) is 27.3 Å². The number of ether oxygens (including phenoxy) is 1. The molecular weight excluding hydrogens is 228 g/mol. The first-order valence-corrected chi connectivity index (χ1v) is 7.12. The van der Waals surface area contributed by atoms with Crippen LogP contribution in [0.25, 0.3) is 0 Å². The zero-order valence-electron chi connectivity index (χ0n) is 12.5. The van der Waals surface area contributed by atoms with Gasteiger partial charge in [-0.05, 0) is 19.8 Å². The third-order valence-electron chi connectivity index (χ3n) is 3.05. The zero-order chi connectivity index (χ0) is 13.8. The smallest absolute Gasteiger partial charge is 0.317 e. The van der Waals surface area contributed by atoms with Crippen molar-refractivity contribution >= 4 is 6.03 Å².